The molecule has 0 heterocycles. The van der Waals surface area contributed by atoms with Gasteiger partial charge in [0, 0.05) is 24.8 Å². The molecule has 0 saturated heterocycles. The quantitative estimate of drug-likeness (QED) is 0.822. The van der Waals surface area contributed by atoms with Gasteiger partial charge in [-0.1, -0.05) is 37.3 Å². The third-order valence-electron chi connectivity index (χ3n) is 3.72. The van der Waals surface area contributed by atoms with Crippen LogP contribution in [0.4, 0.5) is 5.69 Å². The molecule has 0 unspecified atom stereocenters. The summed E-state index contributed by atoms with van der Waals surface area (Å²) in [5.41, 5.74) is 2.43. The van der Waals surface area contributed by atoms with Crippen LogP contribution in [0.2, 0.25) is 0 Å². The minimum atomic E-state index is -0.145. The lowest BCUT2D eigenvalue weighted by molar-refractivity contribution is -0.117. The number of hydrogen-bond donors (Lipinski definition) is 2. The molecule has 5 nitrogen and oxygen atoms in total. The molecule has 0 spiro atoms. The number of likely N-dealkylation sites (N-methyl/N-ethyl adjacent to an activating group) is 1. The van der Waals surface area contributed by atoms with E-state index >= 15 is 0 Å². The van der Waals surface area contributed by atoms with E-state index in [9.17, 15) is 9.59 Å². The van der Waals surface area contributed by atoms with Crippen LogP contribution >= 0.6 is 0 Å². The Kier molecular flexibility index (Phi) is 6.51. The van der Waals surface area contributed by atoms with Crippen molar-refractivity contribution in [1.29, 1.82) is 0 Å². The highest BCUT2D eigenvalue weighted by molar-refractivity contribution is 5.96. The summed E-state index contributed by atoms with van der Waals surface area (Å²) in [5, 5.41) is 5.43. The van der Waals surface area contributed by atoms with Gasteiger partial charge in [-0.15, -0.1) is 0 Å². The van der Waals surface area contributed by atoms with Gasteiger partial charge in [-0.05, 0) is 36.4 Å². The van der Waals surface area contributed by atoms with Crippen LogP contribution < -0.4 is 10.6 Å². The Morgan fingerprint density at radius 3 is 2.25 bits per heavy atom. The van der Waals surface area contributed by atoms with Crippen molar-refractivity contribution in [2.45, 2.75) is 13.5 Å². The molecule has 0 bridgehead atoms. The first-order chi connectivity index (χ1) is 11.6. The number of nitrogens with one attached hydrogen (secondary N) is 2. The van der Waals surface area contributed by atoms with Crippen molar-refractivity contribution in [2.24, 2.45) is 0 Å². The minimum absolute atomic E-state index is 0.0690. The summed E-state index contributed by atoms with van der Waals surface area (Å²) in [6.45, 7) is 3.88. The SMILES string of the molecule is CCN(CC(=O)Nc1ccc(C(=O)NC)cc1)Cc1ccccc1. The number of benzene rings is 2. The zero-order valence-electron chi connectivity index (χ0n) is 14.1. The number of rotatable bonds is 7. The van der Waals surface area contributed by atoms with E-state index in [4.69, 9.17) is 0 Å². The van der Waals surface area contributed by atoms with Crippen molar-refractivity contribution in [1.82, 2.24) is 10.2 Å². The maximum atomic E-state index is 12.2. The van der Waals surface area contributed by atoms with E-state index in [1.807, 2.05) is 25.1 Å². The van der Waals surface area contributed by atoms with E-state index in [1.54, 1.807) is 31.3 Å². The topological polar surface area (TPSA) is 61.4 Å². The van der Waals surface area contributed by atoms with Gasteiger partial charge >= 0.3 is 0 Å². The highest BCUT2D eigenvalue weighted by Gasteiger charge is 2.10. The lowest BCUT2D eigenvalue weighted by Crippen LogP contribution is -2.32. The molecule has 0 radical (unpaired) electrons. The van der Waals surface area contributed by atoms with Crippen molar-refractivity contribution >= 4 is 17.5 Å². The second-order valence-corrected chi connectivity index (χ2v) is 5.49. The smallest absolute Gasteiger partial charge is 0.251 e. The van der Waals surface area contributed by atoms with Crippen LogP contribution in [0.25, 0.3) is 0 Å². The van der Waals surface area contributed by atoms with Gasteiger partial charge in [0.1, 0.15) is 0 Å². The first-order valence-corrected chi connectivity index (χ1v) is 8.00. The van der Waals surface area contributed by atoms with Gasteiger partial charge in [-0.2, -0.15) is 0 Å². The number of anilines is 1. The van der Waals surface area contributed by atoms with Crippen LogP contribution in [0.3, 0.4) is 0 Å². The molecule has 0 atom stereocenters. The molecule has 2 N–H and O–H groups in total. The van der Waals surface area contributed by atoms with Crippen LogP contribution in [0.1, 0.15) is 22.8 Å². The average Bonchev–Trinajstić information content (AvgIpc) is 2.62. The molecule has 0 aliphatic rings. The fraction of sp³-hybridized carbons (Fsp3) is 0.263. The second-order valence-electron chi connectivity index (χ2n) is 5.49. The molecule has 0 aromatic heterocycles. The van der Waals surface area contributed by atoms with E-state index < -0.39 is 0 Å². The highest BCUT2D eigenvalue weighted by Crippen LogP contribution is 2.10. The zero-order chi connectivity index (χ0) is 17.4. The van der Waals surface area contributed by atoms with Gasteiger partial charge in [0.05, 0.1) is 6.54 Å². The maximum Gasteiger partial charge on any atom is 0.251 e. The molecule has 0 aliphatic heterocycles. The zero-order valence-corrected chi connectivity index (χ0v) is 14.1. The fourth-order valence-electron chi connectivity index (χ4n) is 2.37. The van der Waals surface area contributed by atoms with Gasteiger partial charge in [-0.25, -0.2) is 0 Å². The first-order valence-electron chi connectivity index (χ1n) is 8.00. The van der Waals surface area contributed by atoms with E-state index in [0.717, 1.165) is 13.1 Å². The molecule has 2 rings (SSSR count). The lowest BCUT2D eigenvalue weighted by atomic mass is 10.2. The van der Waals surface area contributed by atoms with Crippen LogP contribution in [-0.2, 0) is 11.3 Å². The maximum absolute atomic E-state index is 12.2. The molecule has 2 aromatic carbocycles. The van der Waals surface area contributed by atoms with Gasteiger partial charge in [0.25, 0.3) is 5.91 Å². The van der Waals surface area contributed by atoms with Crippen molar-refractivity contribution < 1.29 is 9.59 Å². The second kappa shape index (κ2) is 8.84. The number of carbonyl (C=O) groups excluding carboxylic acids is 2. The largest absolute Gasteiger partial charge is 0.355 e. The summed E-state index contributed by atoms with van der Waals surface area (Å²) in [4.78, 5) is 25.8. The third kappa shape index (κ3) is 5.21. The summed E-state index contributed by atoms with van der Waals surface area (Å²) in [6.07, 6.45) is 0. The third-order valence-corrected chi connectivity index (χ3v) is 3.72. The fourth-order valence-corrected chi connectivity index (χ4v) is 2.37. The van der Waals surface area contributed by atoms with Crippen molar-refractivity contribution in [3.63, 3.8) is 0 Å². The molecule has 0 aliphatic carbocycles. The van der Waals surface area contributed by atoms with E-state index in [0.29, 0.717) is 17.8 Å². The van der Waals surface area contributed by atoms with Gasteiger partial charge in [-0.3, -0.25) is 14.5 Å². The Labute approximate surface area is 142 Å². The minimum Gasteiger partial charge on any atom is -0.355 e. The molecule has 24 heavy (non-hydrogen) atoms. The predicted molar refractivity (Wildman–Crippen MR) is 95.9 cm³/mol. The molecular weight excluding hydrogens is 302 g/mol. The summed E-state index contributed by atoms with van der Waals surface area (Å²) >= 11 is 0. The molecule has 5 heteroatoms. The molecule has 2 amide bonds. The van der Waals surface area contributed by atoms with Gasteiger partial charge in [0.2, 0.25) is 5.91 Å². The Morgan fingerprint density at radius 1 is 1.00 bits per heavy atom. The highest BCUT2D eigenvalue weighted by atomic mass is 16.2. The Hall–Kier alpha value is -2.66. The molecule has 126 valence electrons. The van der Waals surface area contributed by atoms with Crippen molar-refractivity contribution in [2.75, 3.05) is 25.5 Å². The van der Waals surface area contributed by atoms with Crippen LogP contribution in [-0.4, -0.2) is 36.9 Å². The normalized spacial score (nSPS) is 10.5. The first kappa shape index (κ1) is 17.7. The van der Waals surface area contributed by atoms with E-state index in [1.165, 1.54) is 5.56 Å². The van der Waals surface area contributed by atoms with E-state index in [-0.39, 0.29) is 11.8 Å². The van der Waals surface area contributed by atoms with Crippen molar-refractivity contribution in [3.05, 3.63) is 65.7 Å². The molecule has 2 aromatic rings. The predicted octanol–water partition coefficient (Wildman–Crippen LogP) is 2.51. The monoisotopic (exact) mass is 325 g/mol. The summed E-state index contributed by atoms with van der Waals surface area (Å²) < 4.78 is 0. The van der Waals surface area contributed by atoms with Gasteiger partial charge in [0.15, 0.2) is 0 Å². The van der Waals surface area contributed by atoms with Crippen molar-refractivity contribution in [3.8, 4) is 0 Å². The standard InChI is InChI=1S/C19H23N3O2/c1-3-22(13-15-7-5-4-6-8-15)14-18(23)21-17-11-9-16(10-12-17)19(24)20-2/h4-12H,3,13-14H2,1-2H3,(H,20,24)(H,21,23). The Balaban J connectivity index is 1.90. The van der Waals surface area contributed by atoms with Gasteiger partial charge < -0.3 is 10.6 Å². The Morgan fingerprint density at radius 2 is 1.67 bits per heavy atom. The summed E-state index contributed by atoms with van der Waals surface area (Å²) in [5.74, 6) is -0.214. The number of amides is 2. The summed E-state index contributed by atoms with van der Waals surface area (Å²) in [6, 6.07) is 16.9. The molecule has 0 saturated carbocycles. The van der Waals surface area contributed by atoms with Crippen LogP contribution in [0.5, 0.6) is 0 Å². The molecular formula is C19H23N3O2. The number of nitrogens with zero attached hydrogens (tertiary/aromatic N) is 1. The summed E-state index contributed by atoms with van der Waals surface area (Å²) in [7, 11) is 1.59. The van der Waals surface area contributed by atoms with E-state index in [2.05, 4.69) is 27.7 Å². The molecule has 0 fully saturated rings. The average molecular weight is 325 g/mol. The lowest BCUT2D eigenvalue weighted by Gasteiger charge is -2.20. The van der Waals surface area contributed by atoms with Crippen LogP contribution in [0.15, 0.2) is 54.6 Å². The number of hydrogen-bond acceptors (Lipinski definition) is 3. The Bertz CT molecular complexity index is 669. The number of carbonyl (C=O) groups is 2. The van der Waals surface area contributed by atoms with Crippen LogP contribution in [0, 0.1) is 0 Å².